The van der Waals surface area contributed by atoms with Crippen molar-refractivity contribution in [3.8, 4) is 0 Å². The third-order valence-electron chi connectivity index (χ3n) is 4.50. The lowest BCUT2D eigenvalue weighted by Crippen LogP contribution is -2.48. The van der Waals surface area contributed by atoms with Crippen molar-refractivity contribution in [1.29, 1.82) is 0 Å². The van der Waals surface area contributed by atoms with Crippen LogP contribution in [-0.2, 0) is 19.1 Å². The summed E-state index contributed by atoms with van der Waals surface area (Å²) in [6, 6.07) is -0.663. The average Bonchev–Trinajstić information content (AvgIpc) is 3.00. The standard InChI is InChI=1S/C19H34N2O4/c1-14(18(24)25-19(3,4)5)21(13-12-20-15(2)22)17(23)11-10-16-8-6-7-9-16/h14,16H,6-13H2,1-5H3,(H,20,22)/t14-/m0/s1. The maximum Gasteiger partial charge on any atom is 0.329 e. The van der Waals surface area contributed by atoms with E-state index < -0.39 is 17.6 Å². The van der Waals surface area contributed by atoms with Crippen molar-refractivity contribution in [3.63, 3.8) is 0 Å². The summed E-state index contributed by atoms with van der Waals surface area (Å²) < 4.78 is 5.42. The number of rotatable bonds is 8. The first-order valence-electron chi connectivity index (χ1n) is 9.37. The Morgan fingerprint density at radius 1 is 1.20 bits per heavy atom. The molecule has 2 amide bonds. The SMILES string of the molecule is CC(=O)NCCN(C(=O)CCC1CCCC1)[C@@H](C)C(=O)OC(C)(C)C. The lowest BCUT2D eigenvalue weighted by Gasteiger charge is -2.31. The molecule has 0 saturated heterocycles. The van der Waals surface area contributed by atoms with E-state index in [1.807, 2.05) is 0 Å². The van der Waals surface area contributed by atoms with Crippen LogP contribution in [0.15, 0.2) is 0 Å². The van der Waals surface area contributed by atoms with Gasteiger partial charge in [0.05, 0.1) is 0 Å². The molecule has 144 valence electrons. The first kappa shape index (κ1) is 21.5. The zero-order chi connectivity index (χ0) is 19.0. The molecule has 6 heteroatoms. The van der Waals surface area contributed by atoms with Gasteiger partial charge in [0, 0.05) is 26.4 Å². The van der Waals surface area contributed by atoms with Gasteiger partial charge in [-0.25, -0.2) is 4.79 Å². The van der Waals surface area contributed by atoms with Crippen LogP contribution in [0.5, 0.6) is 0 Å². The molecule has 0 heterocycles. The number of hydrogen-bond donors (Lipinski definition) is 1. The van der Waals surface area contributed by atoms with E-state index in [4.69, 9.17) is 4.74 Å². The smallest absolute Gasteiger partial charge is 0.329 e. The average molecular weight is 354 g/mol. The van der Waals surface area contributed by atoms with Gasteiger partial charge in [-0.15, -0.1) is 0 Å². The molecular weight excluding hydrogens is 320 g/mol. The molecule has 1 atom stereocenters. The Bertz CT molecular complexity index is 465. The van der Waals surface area contributed by atoms with Crippen molar-refractivity contribution >= 4 is 17.8 Å². The van der Waals surface area contributed by atoms with Gasteiger partial charge in [0.1, 0.15) is 11.6 Å². The van der Waals surface area contributed by atoms with E-state index in [1.54, 1.807) is 32.6 Å². The van der Waals surface area contributed by atoms with Gasteiger partial charge < -0.3 is 15.0 Å². The van der Waals surface area contributed by atoms with Crippen LogP contribution in [0.3, 0.4) is 0 Å². The Hall–Kier alpha value is -1.59. The highest BCUT2D eigenvalue weighted by Crippen LogP contribution is 2.28. The van der Waals surface area contributed by atoms with Gasteiger partial charge in [0.25, 0.3) is 0 Å². The van der Waals surface area contributed by atoms with Gasteiger partial charge in [0.2, 0.25) is 11.8 Å². The molecule has 1 saturated carbocycles. The molecule has 0 aromatic heterocycles. The van der Waals surface area contributed by atoms with E-state index >= 15 is 0 Å². The second-order valence-electron chi connectivity index (χ2n) is 7.97. The molecule has 6 nitrogen and oxygen atoms in total. The van der Waals surface area contributed by atoms with E-state index in [0.29, 0.717) is 25.4 Å². The summed E-state index contributed by atoms with van der Waals surface area (Å²) in [4.78, 5) is 37.7. The first-order chi connectivity index (χ1) is 11.6. The lowest BCUT2D eigenvalue weighted by molar-refractivity contribution is -0.164. The van der Waals surface area contributed by atoms with E-state index in [0.717, 1.165) is 6.42 Å². The summed E-state index contributed by atoms with van der Waals surface area (Å²) in [5.74, 6) is 0.0152. The minimum Gasteiger partial charge on any atom is -0.458 e. The monoisotopic (exact) mass is 354 g/mol. The second-order valence-corrected chi connectivity index (χ2v) is 7.97. The van der Waals surface area contributed by atoms with Crippen molar-refractivity contribution in [3.05, 3.63) is 0 Å². The highest BCUT2D eigenvalue weighted by Gasteiger charge is 2.30. The number of esters is 1. The molecule has 1 aliphatic rings. The van der Waals surface area contributed by atoms with Crippen molar-refractivity contribution in [2.45, 2.75) is 84.8 Å². The number of amides is 2. The number of hydrogen-bond acceptors (Lipinski definition) is 4. The highest BCUT2D eigenvalue weighted by atomic mass is 16.6. The molecule has 0 aliphatic heterocycles. The van der Waals surface area contributed by atoms with E-state index in [9.17, 15) is 14.4 Å². The highest BCUT2D eigenvalue weighted by molar-refractivity contribution is 5.84. The van der Waals surface area contributed by atoms with Crippen LogP contribution in [0.1, 0.15) is 73.1 Å². The van der Waals surface area contributed by atoms with Crippen LogP contribution < -0.4 is 5.32 Å². The van der Waals surface area contributed by atoms with Crippen molar-refractivity contribution in [2.75, 3.05) is 13.1 Å². The van der Waals surface area contributed by atoms with E-state index in [1.165, 1.54) is 32.6 Å². The third-order valence-corrected chi connectivity index (χ3v) is 4.50. The quantitative estimate of drug-likeness (QED) is 0.680. The van der Waals surface area contributed by atoms with Gasteiger partial charge >= 0.3 is 5.97 Å². The minimum absolute atomic E-state index is 0.0457. The maximum absolute atomic E-state index is 12.7. The van der Waals surface area contributed by atoms with Gasteiger partial charge in [-0.3, -0.25) is 9.59 Å². The van der Waals surface area contributed by atoms with Crippen LogP contribution in [0.2, 0.25) is 0 Å². The molecule has 0 radical (unpaired) electrons. The molecule has 1 rings (SSSR count). The van der Waals surface area contributed by atoms with E-state index in [-0.39, 0.29) is 11.8 Å². The Labute approximate surface area is 151 Å². The summed E-state index contributed by atoms with van der Waals surface area (Å²) in [6.45, 7) is 9.18. The molecule has 0 bridgehead atoms. The van der Waals surface area contributed by atoms with Crippen molar-refractivity contribution < 1.29 is 19.1 Å². The normalized spacial score (nSPS) is 16.4. The largest absolute Gasteiger partial charge is 0.458 e. The molecule has 0 unspecified atom stereocenters. The molecule has 1 fully saturated rings. The zero-order valence-corrected chi connectivity index (χ0v) is 16.4. The fourth-order valence-electron chi connectivity index (χ4n) is 3.17. The molecule has 0 aromatic rings. The number of nitrogens with zero attached hydrogens (tertiary/aromatic N) is 1. The topological polar surface area (TPSA) is 75.7 Å². The summed E-state index contributed by atoms with van der Waals surface area (Å²) in [5.41, 5.74) is -0.596. The van der Waals surface area contributed by atoms with Crippen molar-refractivity contribution in [1.82, 2.24) is 10.2 Å². The van der Waals surface area contributed by atoms with Crippen LogP contribution in [0.4, 0.5) is 0 Å². The molecule has 0 aromatic carbocycles. The molecule has 1 aliphatic carbocycles. The van der Waals surface area contributed by atoms with Gasteiger partial charge in [-0.2, -0.15) is 0 Å². The number of ether oxygens (including phenoxy) is 1. The van der Waals surface area contributed by atoms with Crippen LogP contribution in [0.25, 0.3) is 0 Å². The van der Waals surface area contributed by atoms with Crippen LogP contribution >= 0.6 is 0 Å². The Morgan fingerprint density at radius 3 is 2.32 bits per heavy atom. The molecular formula is C19H34N2O4. The Morgan fingerprint density at radius 2 is 1.80 bits per heavy atom. The second kappa shape index (κ2) is 9.78. The minimum atomic E-state index is -0.663. The zero-order valence-electron chi connectivity index (χ0n) is 16.4. The van der Waals surface area contributed by atoms with Crippen molar-refractivity contribution in [2.24, 2.45) is 5.92 Å². The predicted molar refractivity (Wildman–Crippen MR) is 96.9 cm³/mol. The van der Waals surface area contributed by atoms with E-state index in [2.05, 4.69) is 5.32 Å². The number of carbonyl (C=O) groups is 3. The lowest BCUT2D eigenvalue weighted by atomic mass is 10.0. The summed E-state index contributed by atoms with van der Waals surface area (Å²) >= 11 is 0. The van der Waals surface area contributed by atoms with Crippen LogP contribution in [-0.4, -0.2) is 47.4 Å². The Balaban J connectivity index is 2.66. The Kier molecular flexibility index (Phi) is 8.39. The third kappa shape index (κ3) is 8.36. The van der Waals surface area contributed by atoms with Crippen LogP contribution in [0, 0.1) is 5.92 Å². The summed E-state index contributed by atoms with van der Waals surface area (Å²) in [7, 11) is 0. The fraction of sp³-hybridized carbons (Fsp3) is 0.842. The summed E-state index contributed by atoms with van der Waals surface area (Å²) in [5, 5.41) is 2.69. The number of carbonyl (C=O) groups excluding carboxylic acids is 3. The fourth-order valence-corrected chi connectivity index (χ4v) is 3.17. The maximum atomic E-state index is 12.7. The predicted octanol–water partition coefficient (Wildman–Crippen LogP) is 2.65. The van der Waals surface area contributed by atoms with Gasteiger partial charge in [-0.05, 0) is 40.0 Å². The van der Waals surface area contributed by atoms with Gasteiger partial charge in [-0.1, -0.05) is 25.7 Å². The number of nitrogens with one attached hydrogen (secondary N) is 1. The van der Waals surface area contributed by atoms with Gasteiger partial charge in [0.15, 0.2) is 0 Å². The molecule has 25 heavy (non-hydrogen) atoms. The molecule has 0 spiro atoms. The first-order valence-corrected chi connectivity index (χ1v) is 9.37. The molecule has 1 N–H and O–H groups in total. The summed E-state index contributed by atoms with van der Waals surface area (Å²) in [6.07, 6.45) is 6.20.